The lowest BCUT2D eigenvalue weighted by molar-refractivity contribution is -0.119. The Bertz CT molecular complexity index is 332. The van der Waals surface area contributed by atoms with Crippen molar-refractivity contribution in [2.45, 2.75) is 39.2 Å². The van der Waals surface area contributed by atoms with Crippen molar-refractivity contribution >= 4 is 15.9 Å². The largest absolute Gasteiger partial charge is 0.354 e. The van der Waals surface area contributed by atoms with E-state index in [4.69, 9.17) is 0 Å². The van der Waals surface area contributed by atoms with Gasteiger partial charge in [0, 0.05) is 26.1 Å². The van der Waals surface area contributed by atoms with Crippen molar-refractivity contribution in [2.24, 2.45) is 0 Å². The molecule has 1 rings (SSSR count). The Balaban J connectivity index is 2.46. The summed E-state index contributed by atoms with van der Waals surface area (Å²) >= 11 is 0. The van der Waals surface area contributed by atoms with Crippen molar-refractivity contribution in [3.63, 3.8) is 0 Å². The van der Waals surface area contributed by atoms with E-state index >= 15 is 0 Å². The molecule has 0 radical (unpaired) electrons. The Morgan fingerprint density at radius 1 is 1.38 bits per heavy atom. The molecule has 5 nitrogen and oxygen atoms in total. The van der Waals surface area contributed by atoms with E-state index < -0.39 is 10.0 Å². The zero-order chi connectivity index (χ0) is 12.2. The number of rotatable bonds is 4. The van der Waals surface area contributed by atoms with Gasteiger partial charge in [-0.15, -0.1) is 0 Å². The Kier molecular flexibility index (Phi) is 4.73. The summed E-state index contributed by atoms with van der Waals surface area (Å²) in [4.78, 5) is 10.8. The average Bonchev–Trinajstić information content (AvgIpc) is 2.17. The number of sulfonamides is 1. The minimum absolute atomic E-state index is 0.0464. The van der Waals surface area contributed by atoms with Crippen molar-refractivity contribution in [1.82, 2.24) is 9.62 Å². The van der Waals surface area contributed by atoms with Crippen LogP contribution in [0.15, 0.2) is 0 Å². The highest BCUT2D eigenvalue weighted by atomic mass is 32.2. The van der Waals surface area contributed by atoms with Crippen LogP contribution in [0, 0.1) is 0 Å². The van der Waals surface area contributed by atoms with Crippen LogP contribution in [0.1, 0.15) is 33.1 Å². The first-order valence-corrected chi connectivity index (χ1v) is 7.31. The standard InChI is InChI=1S/C10H20N2O3S/c1-3-8-16(14,15)12-6-4-10(5-7-12)11-9(2)13/h10H,3-8H2,1-2H3,(H,11,13). The number of hydrogen-bond donors (Lipinski definition) is 1. The van der Waals surface area contributed by atoms with Crippen LogP contribution in [-0.4, -0.2) is 43.5 Å². The van der Waals surface area contributed by atoms with Crippen LogP contribution in [0.3, 0.4) is 0 Å². The first-order valence-electron chi connectivity index (χ1n) is 5.70. The molecule has 0 atom stereocenters. The predicted molar refractivity (Wildman–Crippen MR) is 62.5 cm³/mol. The Morgan fingerprint density at radius 2 is 1.94 bits per heavy atom. The van der Waals surface area contributed by atoms with Gasteiger partial charge in [-0.3, -0.25) is 4.79 Å². The summed E-state index contributed by atoms with van der Waals surface area (Å²) in [6, 6.07) is 0.130. The minimum atomic E-state index is -3.06. The second-order valence-corrected chi connectivity index (χ2v) is 6.28. The van der Waals surface area contributed by atoms with Gasteiger partial charge in [-0.05, 0) is 19.3 Å². The molecular formula is C10H20N2O3S. The zero-order valence-corrected chi connectivity index (χ0v) is 10.7. The summed E-state index contributed by atoms with van der Waals surface area (Å²) in [6.45, 7) is 4.39. The molecule has 0 bridgehead atoms. The fraction of sp³-hybridized carbons (Fsp3) is 0.900. The SMILES string of the molecule is CCCS(=O)(=O)N1CCC(NC(C)=O)CC1. The Labute approximate surface area is 97.2 Å². The molecule has 1 aliphatic rings. The second-order valence-electron chi connectivity index (χ2n) is 4.19. The summed E-state index contributed by atoms with van der Waals surface area (Å²) in [5, 5.41) is 2.83. The summed E-state index contributed by atoms with van der Waals surface area (Å²) in [7, 11) is -3.06. The normalized spacial score (nSPS) is 19.6. The van der Waals surface area contributed by atoms with Gasteiger partial charge in [-0.1, -0.05) is 6.92 Å². The predicted octanol–water partition coefficient (Wildman–Crippen LogP) is 0.327. The zero-order valence-electron chi connectivity index (χ0n) is 9.90. The molecule has 6 heteroatoms. The number of amides is 1. The monoisotopic (exact) mass is 248 g/mol. The van der Waals surface area contributed by atoms with Crippen LogP contribution < -0.4 is 5.32 Å². The molecule has 1 N–H and O–H groups in total. The van der Waals surface area contributed by atoms with Gasteiger partial charge in [0.2, 0.25) is 15.9 Å². The smallest absolute Gasteiger partial charge is 0.217 e. The highest BCUT2D eigenvalue weighted by Gasteiger charge is 2.27. The Morgan fingerprint density at radius 3 is 2.38 bits per heavy atom. The van der Waals surface area contributed by atoms with Crippen molar-refractivity contribution in [1.29, 1.82) is 0 Å². The highest BCUT2D eigenvalue weighted by Crippen LogP contribution is 2.14. The van der Waals surface area contributed by atoms with E-state index in [1.807, 2.05) is 6.92 Å². The van der Waals surface area contributed by atoms with E-state index in [0.717, 1.165) is 0 Å². The van der Waals surface area contributed by atoms with Crippen LogP contribution in [0.2, 0.25) is 0 Å². The molecule has 0 aromatic heterocycles. The van der Waals surface area contributed by atoms with Gasteiger partial charge >= 0.3 is 0 Å². The molecule has 1 saturated heterocycles. The first-order chi connectivity index (χ1) is 7.45. The quantitative estimate of drug-likeness (QED) is 0.779. The second kappa shape index (κ2) is 5.63. The molecule has 0 unspecified atom stereocenters. The van der Waals surface area contributed by atoms with Crippen LogP contribution in [-0.2, 0) is 14.8 Å². The molecule has 16 heavy (non-hydrogen) atoms. The van der Waals surface area contributed by atoms with E-state index in [1.165, 1.54) is 11.2 Å². The van der Waals surface area contributed by atoms with Gasteiger partial charge in [0.05, 0.1) is 5.75 Å². The lowest BCUT2D eigenvalue weighted by atomic mass is 10.1. The molecule has 1 fully saturated rings. The van der Waals surface area contributed by atoms with Crippen LogP contribution >= 0.6 is 0 Å². The van der Waals surface area contributed by atoms with Crippen LogP contribution in [0.25, 0.3) is 0 Å². The highest BCUT2D eigenvalue weighted by molar-refractivity contribution is 7.89. The van der Waals surface area contributed by atoms with E-state index in [9.17, 15) is 13.2 Å². The van der Waals surface area contributed by atoms with Gasteiger partial charge < -0.3 is 5.32 Å². The molecule has 0 aliphatic carbocycles. The van der Waals surface area contributed by atoms with Gasteiger partial charge in [0.15, 0.2) is 0 Å². The van der Waals surface area contributed by atoms with Crippen LogP contribution in [0.5, 0.6) is 0 Å². The maximum absolute atomic E-state index is 11.8. The molecule has 1 aliphatic heterocycles. The number of carbonyl (C=O) groups is 1. The molecule has 94 valence electrons. The van der Waals surface area contributed by atoms with Gasteiger partial charge in [-0.25, -0.2) is 12.7 Å². The average molecular weight is 248 g/mol. The summed E-state index contributed by atoms with van der Waals surface area (Å²) in [5.41, 5.74) is 0. The fourth-order valence-electron chi connectivity index (χ4n) is 1.95. The Hall–Kier alpha value is -0.620. The van der Waals surface area contributed by atoms with Crippen molar-refractivity contribution in [2.75, 3.05) is 18.8 Å². The molecular weight excluding hydrogens is 228 g/mol. The van der Waals surface area contributed by atoms with Crippen molar-refractivity contribution < 1.29 is 13.2 Å². The molecule has 0 spiro atoms. The third-order valence-corrected chi connectivity index (χ3v) is 4.79. The lowest BCUT2D eigenvalue weighted by Crippen LogP contribution is -2.46. The maximum Gasteiger partial charge on any atom is 0.217 e. The first kappa shape index (κ1) is 13.4. The molecule has 0 aromatic carbocycles. The molecule has 1 amide bonds. The van der Waals surface area contributed by atoms with E-state index in [-0.39, 0.29) is 17.7 Å². The third-order valence-electron chi connectivity index (χ3n) is 2.72. The topological polar surface area (TPSA) is 66.5 Å². The number of piperidine rings is 1. The van der Waals surface area contributed by atoms with E-state index in [0.29, 0.717) is 32.4 Å². The third kappa shape index (κ3) is 3.75. The summed E-state index contributed by atoms with van der Waals surface area (Å²) < 4.78 is 25.0. The van der Waals surface area contributed by atoms with Gasteiger partial charge in [0.25, 0.3) is 0 Å². The maximum atomic E-state index is 11.8. The lowest BCUT2D eigenvalue weighted by Gasteiger charge is -2.31. The molecule has 0 saturated carbocycles. The van der Waals surface area contributed by atoms with Crippen molar-refractivity contribution in [3.8, 4) is 0 Å². The number of nitrogens with one attached hydrogen (secondary N) is 1. The van der Waals surface area contributed by atoms with E-state index in [2.05, 4.69) is 5.32 Å². The van der Waals surface area contributed by atoms with Gasteiger partial charge in [-0.2, -0.15) is 0 Å². The number of carbonyl (C=O) groups excluding carboxylic acids is 1. The summed E-state index contributed by atoms with van der Waals surface area (Å²) in [5.74, 6) is 0.174. The van der Waals surface area contributed by atoms with Crippen LogP contribution in [0.4, 0.5) is 0 Å². The number of hydrogen-bond acceptors (Lipinski definition) is 3. The molecule has 0 aromatic rings. The van der Waals surface area contributed by atoms with Crippen molar-refractivity contribution in [3.05, 3.63) is 0 Å². The molecule has 1 heterocycles. The van der Waals surface area contributed by atoms with E-state index in [1.54, 1.807) is 0 Å². The summed E-state index contributed by atoms with van der Waals surface area (Å²) in [6.07, 6.45) is 2.07. The fourth-order valence-corrected chi connectivity index (χ4v) is 3.49. The minimum Gasteiger partial charge on any atom is -0.354 e. The van der Waals surface area contributed by atoms with Gasteiger partial charge in [0.1, 0.15) is 0 Å². The number of nitrogens with zero attached hydrogens (tertiary/aromatic N) is 1.